The first-order valence-electron chi connectivity index (χ1n) is 10.8. The summed E-state index contributed by atoms with van der Waals surface area (Å²) < 4.78 is 5.52. The van der Waals surface area contributed by atoms with Crippen molar-refractivity contribution < 1.29 is 29.3 Å². The Labute approximate surface area is 187 Å². The van der Waals surface area contributed by atoms with Crippen LogP contribution in [0.15, 0.2) is 35.6 Å². The van der Waals surface area contributed by atoms with Gasteiger partial charge in [-0.15, -0.1) is 11.6 Å². The summed E-state index contributed by atoms with van der Waals surface area (Å²) in [6.45, 7) is 6.95. The average Bonchev–Trinajstić information content (AvgIpc) is 2.89. The molecule has 7 heteroatoms. The molecule has 31 heavy (non-hydrogen) atoms. The molecule has 4 aliphatic rings. The van der Waals surface area contributed by atoms with Gasteiger partial charge in [-0.05, 0) is 48.8 Å². The van der Waals surface area contributed by atoms with Gasteiger partial charge in [0.1, 0.15) is 11.4 Å². The van der Waals surface area contributed by atoms with Gasteiger partial charge in [-0.3, -0.25) is 14.4 Å². The third-order valence-electron chi connectivity index (χ3n) is 8.50. The molecule has 0 amide bonds. The van der Waals surface area contributed by atoms with E-state index in [0.29, 0.717) is 17.8 Å². The first-order valence-corrected chi connectivity index (χ1v) is 11.3. The number of carbonyl (C=O) groups excluding carboxylic acids is 3. The fourth-order valence-electron chi connectivity index (χ4n) is 7.16. The van der Waals surface area contributed by atoms with Crippen LogP contribution in [0.1, 0.15) is 40.5 Å². The van der Waals surface area contributed by atoms with Crippen LogP contribution in [0.3, 0.4) is 0 Å². The summed E-state index contributed by atoms with van der Waals surface area (Å²) in [4.78, 5) is 36.8. The fourth-order valence-corrected chi connectivity index (χ4v) is 7.36. The maximum absolute atomic E-state index is 12.8. The molecule has 0 aliphatic heterocycles. The molecule has 0 aromatic heterocycles. The minimum Gasteiger partial charge on any atom is -0.427 e. The summed E-state index contributed by atoms with van der Waals surface area (Å²) in [6, 6.07) is 0. The molecule has 0 aromatic rings. The van der Waals surface area contributed by atoms with E-state index in [2.05, 4.69) is 0 Å². The van der Waals surface area contributed by atoms with Crippen LogP contribution in [-0.4, -0.2) is 45.3 Å². The number of aliphatic hydroxyl groups is 2. The van der Waals surface area contributed by atoms with E-state index in [1.807, 2.05) is 26.8 Å². The van der Waals surface area contributed by atoms with Gasteiger partial charge in [-0.2, -0.15) is 0 Å². The highest BCUT2D eigenvalue weighted by molar-refractivity contribution is 6.29. The van der Waals surface area contributed by atoms with E-state index in [1.54, 1.807) is 6.08 Å². The highest BCUT2D eigenvalue weighted by atomic mass is 35.5. The molecule has 4 rings (SSSR count). The number of Topliss-reactive ketones (excluding diaryl/α,β-unsaturated/α-hetero) is 1. The molecule has 2 fully saturated rings. The number of allylic oxidation sites excluding steroid dienone is 5. The molecule has 0 aromatic carbocycles. The van der Waals surface area contributed by atoms with Crippen LogP contribution < -0.4 is 0 Å². The monoisotopic (exact) mass is 448 g/mol. The highest BCUT2D eigenvalue weighted by Gasteiger charge is 2.70. The first-order chi connectivity index (χ1) is 14.4. The molecule has 0 spiro atoms. The van der Waals surface area contributed by atoms with Gasteiger partial charge < -0.3 is 14.9 Å². The molecule has 0 radical (unpaired) electrons. The van der Waals surface area contributed by atoms with Crippen molar-refractivity contribution in [1.82, 2.24) is 0 Å². The maximum Gasteiger partial charge on any atom is 0.308 e. The van der Waals surface area contributed by atoms with Crippen molar-refractivity contribution in [3.8, 4) is 0 Å². The topological polar surface area (TPSA) is 101 Å². The number of ether oxygens (including phenoxy) is 1. The Morgan fingerprint density at radius 2 is 2.00 bits per heavy atom. The summed E-state index contributed by atoms with van der Waals surface area (Å²) in [7, 11) is 0. The molecule has 168 valence electrons. The predicted molar refractivity (Wildman–Crippen MR) is 114 cm³/mol. The summed E-state index contributed by atoms with van der Waals surface area (Å²) in [5.41, 5.74) is -2.67. The van der Waals surface area contributed by atoms with E-state index in [4.69, 9.17) is 16.3 Å². The number of fused-ring (bicyclic) bond motifs is 5. The largest absolute Gasteiger partial charge is 0.427 e. The van der Waals surface area contributed by atoms with Crippen molar-refractivity contribution in [3.63, 3.8) is 0 Å². The third-order valence-corrected chi connectivity index (χ3v) is 8.74. The lowest BCUT2D eigenvalue weighted by Crippen LogP contribution is -2.62. The van der Waals surface area contributed by atoms with E-state index in [9.17, 15) is 24.6 Å². The lowest BCUT2D eigenvalue weighted by atomic mass is 9.47. The third kappa shape index (κ3) is 2.87. The summed E-state index contributed by atoms with van der Waals surface area (Å²) in [6.07, 6.45) is 6.54. The number of carbonyl (C=O) groups is 3. The molecule has 8 atom stereocenters. The maximum atomic E-state index is 12.8. The summed E-state index contributed by atoms with van der Waals surface area (Å²) in [5.74, 6) is -2.12. The molecular weight excluding hydrogens is 420 g/mol. The number of aliphatic hydroxyl groups excluding tert-OH is 1. The lowest BCUT2D eigenvalue weighted by Gasteiger charge is -2.58. The fraction of sp³-hybridized carbons (Fsp3) is 0.625. The first kappa shape index (κ1) is 22.4. The smallest absolute Gasteiger partial charge is 0.308 e. The average molecular weight is 449 g/mol. The number of hydrogen-bond donors (Lipinski definition) is 2. The zero-order valence-corrected chi connectivity index (χ0v) is 19.0. The normalized spacial score (nSPS) is 45.8. The van der Waals surface area contributed by atoms with Crippen LogP contribution in [-0.2, 0) is 19.1 Å². The molecule has 0 unspecified atom stereocenters. The molecule has 2 N–H and O–H groups in total. The number of rotatable bonds is 3. The second kappa shape index (κ2) is 7.12. The number of alkyl halides is 1. The number of hydrogen-bond acceptors (Lipinski definition) is 6. The van der Waals surface area contributed by atoms with E-state index >= 15 is 0 Å². The second-order valence-corrected chi connectivity index (χ2v) is 10.3. The Balaban J connectivity index is 1.90. The Morgan fingerprint density at radius 3 is 2.61 bits per heavy atom. The van der Waals surface area contributed by atoms with Gasteiger partial charge in [0.05, 0.1) is 12.0 Å². The standard InChI is InChI=1S/C24H29ClO6/c1-12-7-16-15-9-19(31-13(2)26)17-8-14(27)5-6-22(17,3)21(15)18(28)10-23(16,4)24(12,30)20(29)11-25/h5-6,8-9,12,15-16,18,21,28,30H,7,10-11H2,1-4H3/t12-,15+,16+,18-,21-,22+,23+,24+/m1/s1. The summed E-state index contributed by atoms with van der Waals surface area (Å²) >= 11 is 5.87. The molecular formula is C24H29ClO6. The van der Waals surface area contributed by atoms with Gasteiger partial charge in [-0.1, -0.05) is 26.8 Å². The molecule has 2 saturated carbocycles. The lowest BCUT2D eigenvalue weighted by molar-refractivity contribution is -0.174. The van der Waals surface area contributed by atoms with E-state index in [-0.39, 0.29) is 41.8 Å². The van der Waals surface area contributed by atoms with Crippen molar-refractivity contribution >= 4 is 29.1 Å². The Bertz CT molecular complexity index is 950. The van der Waals surface area contributed by atoms with Gasteiger partial charge in [0.15, 0.2) is 11.6 Å². The van der Waals surface area contributed by atoms with E-state index in [1.165, 1.54) is 19.1 Å². The second-order valence-electron chi connectivity index (χ2n) is 10.1. The van der Waals surface area contributed by atoms with Crippen LogP contribution >= 0.6 is 11.6 Å². The molecule has 6 nitrogen and oxygen atoms in total. The predicted octanol–water partition coefficient (Wildman–Crippen LogP) is 2.72. The Kier molecular flexibility index (Phi) is 5.15. The zero-order valence-electron chi connectivity index (χ0n) is 18.2. The van der Waals surface area contributed by atoms with Gasteiger partial charge in [0.2, 0.25) is 0 Å². The van der Waals surface area contributed by atoms with Crippen LogP contribution in [0.4, 0.5) is 0 Å². The van der Waals surface area contributed by atoms with E-state index in [0.717, 1.165) is 0 Å². The summed E-state index contributed by atoms with van der Waals surface area (Å²) in [5, 5.41) is 23.0. The van der Waals surface area contributed by atoms with Gasteiger partial charge in [-0.25, -0.2) is 0 Å². The van der Waals surface area contributed by atoms with Crippen molar-refractivity contribution in [2.75, 3.05) is 5.88 Å². The SMILES string of the molecule is CC(=O)OC1=C[C@@H]2[C@H]([C@H](O)C[C@@]3(C)[C@H]2C[C@@H](C)[C@]3(O)C(=O)CCl)[C@@]2(C)C=CC(=O)C=C12. The molecule has 4 aliphatic carbocycles. The van der Waals surface area contributed by atoms with Crippen LogP contribution in [0.25, 0.3) is 0 Å². The van der Waals surface area contributed by atoms with Crippen molar-refractivity contribution in [1.29, 1.82) is 0 Å². The molecule has 0 bridgehead atoms. The quantitative estimate of drug-likeness (QED) is 0.508. The zero-order chi connectivity index (χ0) is 22.9. The van der Waals surface area contributed by atoms with Crippen molar-refractivity contribution in [3.05, 3.63) is 35.6 Å². The van der Waals surface area contributed by atoms with Gasteiger partial charge >= 0.3 is 5.97 Å². The minimum atomic E-state index is -1.64. The molecule has 0 saturated heterocycles. The number of esters is 1. The van der Waals surface area contributed by atoms with Crippen molar-refractivity contribution in [2.24, 2.45) is 34.5 Å². The highest BCUT2D eigenvalue weighted by Crippen LogP contribution is 2.67. The van der Waals surface area contributed by atoms with Gasteiger partial charge in [0, 0.05) is 29.2 Å². The van der Waals surface area contributed by atoms with Crippen LogP contribution in [0.5, 0.6) is 0 Å². The van der Waals surface area contributed by atoms with Gasteiger partial charge in [0.25, 0.3) is 0 Å². The Hall–Kier alpha value is -1.76. The van der Waals surface area contributed by atoms with Crippen LogP contribution in [0, 0.1) is 34.5 Å². The van der Waals surface area contributed by atoms with Crippen molar-refractivity contribution in [2.45, 2.75) is 52.2 Å². The van der Waals surface area contributed by atoms with Crippen LogP contribution in [0.2, 0.25) is 0 Å². The minimum absolute atomic E-state index is 0.136. The number of ketones is 2. The molecule has 0 heterocycles. The number of halogens is 1. The van der Waals surface area contributed by atoms with E-state index < -0.39 is 34.3 Å². The Morgan fingerprint density at radius 1 is 1.32 bits per heavy atom.